The van der Waals surface area contributed by atoms with Crippen molar-refractivity contribution in [3.05, 3.63) is 71.3 Å². The van der Waals surface area contributed by atoms with E-state index in [2.05, 4.69) is 10.2 Å². The highest BCUT2D eigenvalue weighted by atomic mass is 35.5. The van der Waals surface area contributed by atoms with Gasteiger partial charge in [-0.15, -0.1) is 10.2 Å². The summed E-state index contributed by atoms with van der Waals surface area (Å²) in [5.74, 6) is -0.259. The van der Waals surface area contributed by atoms with Gasteiger partial charge in [0, 0.05) is 18.6 Å². The van der Waals surface area contributed by atoms with Crippen molar-refractivity contribution < 1.29 is 9.18 Å². The van der Waals surface area contributed by atoms with Crippen molar-refractivity contribution in [2.24, 2.45) is 0 Å². The molecule has 134 valence electrons. The number of aromatic nitrogens is 3. The third-order valence-electron chi connectivity index (χ3n) is 3.71. The fourth-order valence-corrected chi connectivity index (χ4v) is 3.31. The maximum Gasteiger partial charge on any atom is 0.233 e. The summed E-state index contributed by atoms with van der Waals surface area (Å²) in [4.78, 5) is 14.0. The number of benzene rings is 2. The fraction of sp³-hybridized carbons (Fsp3) is 0.167. The first-order valence-electron chi connectivity index (χ1n) is 7.80. The Bertz CT molecular complexity index is 900. The summed E-state index contributed by atoms with van der Waals surface area (Å²) >= 11 is 7.09. The number of hydrogen-bond acceptors (Lipinski definition) is 4. The zero-order chi connectivity index (χ0) is 18.5. The minimum Gasteiger partial charge on any atom is -0.341 e. The van der Waals surface area contributed by atoms with E-state index in [4.69, 9.17) is 11.6 Å². The van der Waals surface area contributed by atoms with Crippen LogP contribution in [0.1, 0.15) is 5.56 Å². The molecule has 0 atom stereocenters. The molecule has 2 aromatic carbocycles. The van der Waals surface area contributed by atoms with Crippen LogP contribution in [0, 0.1) is 5.82 Å². The van der Waals surface area contributed by atoms with Crippen molar-refractivity contribution in [3.8, 4) is 5.69 Å². The molecule has 0 spiro atoms. The Kier molecular flexibility index (Phi) is 5.90. The minimum atomic E-state index is -0.375. The molecule has 0 aliphatic heterocycles. The van der Waals surface area contributed by atoms with Gasteiger partial charge in [-0.1, -0.05) is 47.6 Å². The fourth-order valence-electron chi connectivity index (χ4n) is 2.32. The molecule has 0 radical (unpaired) electrons. The SMILES string of the molecule is CN(Cc1ccc(Cl)cc1)C(=O)CSc1nncn1-c1ccccc1F. The van der Waals surface area contributed by atoms with Crippen LogP contribution in [0.3, 0.4) is 0 Å². The Labute approximate surface area is 159 Å². The van der Waals surface area contributed by atoms with E-state index in [-0.39, 0.29) is 17.5 Å². The predicted molar refractivity (Wildman–Crippen MR) is 100.0 cm³/mol. The molecule has 1 aromatic heterocycles. The molecule has 0 saturated carbocycles. The number of thioether (sulfide) groups is 1. The third kappa shape index (κ3) is 4.42. The van der Waals surface area contributed by atoms with Crippen molar-refractivity contribution in [1.82, 2.24) is 19.7 Å². The maximum absolute atomic E-state index is 14.0. The first kappa shape index (κ1) is 18.4. The van der Waals surface area contributed by atoms with Gasteiger partial charge in [0.2, 0.25) is 5.91 Å². The van der Waals surface area contributed by atoms with Gasteiger partial charge >= 0.3 is 0 Å². The Balaban J connectivity index is 1.62. The number of rotatable bonds is 6. The van der Waals surface area contributed by atoms with Gasteiger partial charge in [0.25, 0.3) is 0 Å². The highest BCUT2D eigenvalue weighted by Crippen LogP contribution is 2.21. The lowest BCUT2D eigenvalue weighted by Gasteiger charge is -2.17. The number of carbonyl (C=O) groups is 1. The Morgan fingerprint density at radius 3 is 2.69 bits per heavy atom. The van der Waals surface area contributed by atoms with Crippen molar-refractivity contribution in [1.29, 1.82) is 0 Å². The molecule has 0 aliphatic rings. The van der Waals surface area contributed by atoms with Gasteiger partial charge in [-0.05, 0) is 29.8 Å². The number of hydrogen-bond donors (Lipinski definition) is 0. The molecule has 0 N–H and O–H groups in total. The number of nitrogens with zero attached hydrogens (tertiary/aromatic N) is 4. The first-order chi connectivity index (χ1) is 12.5. The van der Waals surface area contributed by atoms with Gasteiger partial charge < -0.3 is 4.90 Å². The van der Waals surface area contributed by atoms with Crippen molar-refractivity contribution >= 4 is 29.3 Å². The predicted octanol–water partition coefficient (Wildman–Crippen LogP) is 3.81. The van der Waals surface area contributed by atoms with Crippen LogP contribution in [0.4, 0.5) is 4.39 Å². The standard InChI is InChI=1S/C18H16ClFN4OS/c1-23(10-13-6-8-14(19)9-7-13)17(25)11-26-18-22-21-12-24(18)16-5-3-2-4-15(16)20/h2-9,12H,10-11H2,1H3. The molecular weight excluding hydrogens is 375 g/mol. The highest BCUT2D eigenvalue weighted by molar-refractivity contribution is 7.99. The molecule has 3 rings (SSSR count). The molecule has 0 bridgehead atoms. The smallest absolute Gasteiger partial charge is 0.233 e. The van der Waals surface area contributed by atoms with E-state index < -0.39 is 0 Å². The normalized spacial score (nSPS) is 10.7. The summed E-state index contributed by atoms with van der Waals surface area (Å²) < 4.78 is 15.5. The molecule has 1 amide bonds. The monoisotopic (exact) mass is 390 g/mol. The number of carbonyl (C=O) groups excluding carboxylic acids is 1. The van der Waals surface area contributed by atoms with E-state index in [9.17, 15) is 9.18 Å². The number of para-hydroxylation sites is 1. The summed E-state index contributed by atoms with van der Waals surface area (Å²) in [7, 11) is 1.74. The average Bonchev–Trinajstić information content (AvgIpc) is 3.10. The largest absolute Gasteiger partial charge is 0.341 e. The number of amides is 1. The zero-order valence-corrected chi connectivity index (χ0v) is 15.5. The van der Waals surface area contributed by atoms with Crippen LogP contribution < -0.4 is 0 Å². The van der Waals surface area contributed by atoms with Crippen LogP contribution in [-0.2, 0) is 11.3 Å². The van der Waals surface area contributed by atoms with Crippen molar-refractivity contribution in [2.45, 2.75) is 11.7 Å². The lowest BCUT2D eigenvalue weighted by Crippen LogP contribution is -2.27. The van der Waals surface area contributed by atoms with Crippen LogP contribution in [0.5, 0.6) is 0 Å². The lowest BCUT2D eigenvalue weighted by molar-refractivity contribution is -0.127. The van der Waals surface area contributed by atoms with E-state index >= 15 is 0 Å². The molecule has 0 aliphatic carbocycles. The molecule has 3 aromatic rings. The number of halogens is 2. The topological polar surface area (TPSA) is 51.0 Å². The second-order valence-corrected chi connectivity index (χ2v) is 6.98. The summed E-state index contributed by atoms with van der Waals surface area (Å²) in [6.07, 6.45) is 1.43. The average molecular weight is 391 g/mol. The van der Waals surface area contributed by atoms with Crippen molar-refractivity contribution in [2.75, 3.05) is 12.8 Å². The van der Waals surface area contributed by atoms with Gasteiger partial charge in [0.05, 0.1) is 11.4 Å². The van der Waals surface area contributed by atoms with Gasteiger partial charge in [0.15, 0.2) is 5.16 Å². The van der Waals surface area contributed by atoms with Crippen molar-refractivity contribution in [3.63, 3.8) is 0 Å². The van der Waals surface area contributed by atoms with E-state index in [1.165, 1.54) is 28.7 Å². The Hall–Kier alpha value is -2.38. The summed E-state index contributed by atoms with van der Waals surface area (Å²) in [5, 5.41) is 8.93. The summed E-state index contributed by atoms with van der Waals surface area (Å²) in [6.45, 7) is 0.483. The van der Waals surface area contributed by atoms with Gasteiger partial charge in [-0.2, -0.15) is 0 Å². The molecule has 0 fully saturated rings. The van der Waals surface area contributed by atoms with Gasteiger partial charge in [0.1, 0.15) is 12.1 Å². The first-order valence-corrected chi connectivity index (χ1v) is 9.17. The third-order valence-corrected chi connectivity index (χ3v) is 4.89. The molecule has 5 nitrogen and oxygen atoms in total. The summed E-state index contributed by atoms with van der Waals surface area (Å²) in [5.41, 5.74) is 1.34. The Morgan fingerprint density at radius 1 is 1.23 bits per heavy atom. The molecule has 1 heterocycles. The van der Waals surface area contributed by atoms with E-state index in [0.29, 0.717) is 22.4 Å². The molecule has 26 heavy (non-hydrogen) atoms. The highest BCUT2D eigenvalue weighted by Gasteiger charge is 2.15. The summed E-state index contributed by atoms with van der Waals surface area (Å²) in [6, 6.07) is 13.7. The minimum absolute atomic E-state index is 0.0620. The quantitative estimate of drug-likeness (QED) is 0.600. The van der Waals surface area contributed by atoms with Crippen LogP contribution in [0.15, 0.2) is 60.0 Å². The van der Waals surface area contributed by atoms with Crippen LogP contribution in [0.2, 0.25) is 5.02 Å². The second-order valence-electron chi connectivity index (χ2n) is 5.60. The van der Waals surface area contributed by atoms with Crippen LogP contribution >= 0.6 is 23.4 Å². The maximum atomic E-state index is 14.0. The van der Waals surface area contributed by atoms with Crippen LogP contribution in [0.25, 0.3) is 5.69 Å². The Morgan fingerprint density at radius 2 is 1.96 bits per heavy atom. The van der Waals surface area contributed by atoms with Gasteiger partial charge in [-0.25, -0.2) is 4.39 Å². The molecule has 0 saturated heterocycles. The molecular formula is C18H16ClFN4OS. The lowest BCUT2D eigenvalue weighted by atomic mass is 10.2. The molecule has 0 unspecified atom stereocenters. The molecule has 8 heteroatoms. The van der Waals surface area contributed by atoms with E-state index in [1.54, 1.807) is 42.3 Å². The second kappa shape index (κ2) is 8.33. The zero-order valence-electron chi connectivity index (χ0n) is 14.0. The van der Waals surface area contributed by atoms with E-state index in [1.807, 2.05) is 12.1 Å². The van der Waals surface area contributed by atoms with Crippen LogP contribution in [-0.4, -0.2) is 38.4 Å². The van der Waals surface area contributed by atoms with Gasteiger partial charge in [-0.3, -0.25) is 9.36 Å². The van der Waals surface area contributed by atoms with E-state index in [0.717, 1.165) is 5.56 Å².